The molecule has 8 heteroatoms. The summed E-state index contributed by atoms with van der Waals surface area (Å²) in [4.78, 5) is 11.4. The first kappa shape index (κ1) is 10.8. The minimum absolute atomic E-state index is 0.507. The maximum atomic E-state index is 6.45. The van der Waals surface area contributed by atoms with Crippen molar-refractivity contribution in [2.45, 2.75) is 18.4 Å². The van der Waals surface area contributed by atoms with Crippen molar-refractivity contribution in [2.24, 2.45) is 5.73 Å². The summed E-state index contributed by atoms with van der Waals surface area (Å²) in [7, 11) is 0. The van der Waals surface area contributed by atoms with Gasteiger partial charge in [-0.05, 0) is 12.8 Å². The van der Waals surface area contributed by atoms with Gasteiger partial charge in [0.15, 0.2) is 17.1 Å². The number of rotatable bonds is 1. The Morgan fingerprint density at radius 2 is 2.11 bits per heavy atom. The number of aromatic amines is 1. The Balaban J connectivity index is 1.95. The molecule has 4 heterocycles. The van der Waals surface area contributed by atoms with E-state index in [2.05, 4.69) is 25.1 Å². The molecule has 0 aliphatic carbocycles. The van der Waals surface area contributed by atoms with E-state index in [1.807, 2.05) is 4.40 Å². The minimum atomic E-state index is -0.507. The number of imidazole rings is 1. The van der Waals surface area contributed by atoms with E-state index < -0.39 is 5.54 Å². The van der Waals surface area contributed by atoms with Crippen molar-refractivity contribution in [2.75, 3.05) is 13.2 Å². The molecule has 0 aromatic carbocycles. The molecule has 3 aromatic rings. The quantitative estimate of drug-likeness (QED) is 0.635. The van der Waals surface area contributed by atoms with E-state index in [-0.39, 0.29) is 0 Å². The van der Waals surface area contributed by atoms with Crippen molar-refractivity contribution >= 4 is 16.8 Å². The van der Waals surface area contributed by atoms with Crippen molar-refractivity contribution in [3.05, 3.63) is 18.5 Å². The van der Waals surface area contributed by atoms with Gasteiger partial charge in [-0.2, -0.15) is 0 Å². The molecule has 0 spiro atoms. The van der Waals surface area contributed by atoms with Crippen molar-refractivity contribution in [1.82, 2.24) is 29.5 Å². The lowest BCUT2D eigenvalue weighted by atomic mass is 9.90. The highest BCUT2D eigenvalue weighted by molar-refractivity contribution is 5.84. The van der Waals surface area contributed by atoms with Gasteiger partial charge in [-0.15, -0.1) is 10.2 Å². The Kier molecular flexibility index (Phi) is 2.12. The van der Waals surface area contributed by atoms with Crippen LogP contribution < -0.4 is 5.73 Å². The van der Waals surface area contributed by atoms with Crippen LogP contribution in [0.4, 0.5) is 0 Å². The monoisotopic (exact) mass is 259 g/mol. The summed E-state index contributed by atoms with van der Waals surface area (Å²) in [6.07, 6.45) is 4.74. The van der Waals surface area contributed by atoms with Gasteiger partial charge in [0.25, 0.3) is 0 Å². The number of aromatic nitrogens is 6. The zero-order chi connectivity index (χ0) is 12.9. The summed E-state index contributed by atoms with van der Waals surface area (Å²) < 4.78 is 7.20. The molecule has 1 aliphatic heterocycles. The molecule has 1 aliphatic rings. The van der Waals surface area contributed by atoms with E-state index in [0.717, 1.165) is 24.2 Å². The molecule has 0 atom stereocenters. The molecule has 3 N–H and O–H groups in total. The maximum Gasteiger partial charge on any atom is 0.189 e. The molecule has 0 saturated carbocycles. The number of hydrogen-bond acceptors (Lipinski definition) is 6. The molecule has 0 unspecified atom stereocenters. The third-order valence-electron chi connectivity index (χ3n) is 3.66. The van der Waals surface area contributed by atoms with Gasteiger partial charge in [-0.25, -0.2) is 9.97 Å². The highest BCUT2D eigenvalue weighted by Gasteiger charge is 2.35. The molecule has 0 amide bonds. The zero-order valence-corrected chi connectivity index (χ0v) is 10.2. The molecule has 8 nitrogen and oxygen atoms in total. The number of ether oxygens (including phenoxy) is 1. The van der Waals surface area contributed by atoms with Crippen molar-refractivity contribution < 1.29 is 4.74 Å². The second-order valence-electron chi connectivity index (χ2n) is 4.83. The fourth-order valence-electron chi connectivity index (χ4n) is 2.53. The average molecular weight is 259 g/mol. The number of fused-ring (bicyclic) bond motifs is 3. The van der Waals surface area contributed by atoms with Gasteiger partial charge in [0.05, 0.1) is 11.9 Å². The summed E-state index contributed by atoms with van der Waals surface area (Å²) in [6, 6.07) is 0. The Morgan fingerprint density at radius 1 is 1.26 bits per heavy atom. The van der Waals surface area contributed by atoms with Crippen LogP contribution in [0, 0.1) is 0 Å². The van der Waals surface area contributed by atoms with Gasteiger partial charge in [-0.1, -0.05) is 0 Å². The summed E-state index contributed by atoms with van der Waals surface area (Å²) in [5.41, 5.74) is 8.05. The molecular formula is C11H13N7O. The number of nitrogens with one attached hydrogen (secondary N) is 1. The first-order chi connectivity index (χ1) is 9.28. The van der Waals surface area contributed by atoms with E-state index in [1.165, 1.54) is 0 Å². The van der Waals surface area contributed by atoms with Crippen LogP contribution in [0.2, 0.25) is 0 Å². The topological polar surface area (TPSA) is 107 Å². The van der Waals surface area contributed by atoms with Gasteiger partial charge < -0.3 is 15.5 Å². The largest absolute Gasteiger partial charge is 0.381 e. The predicted octanol–water partition coefficient (Wildman–Crippen LogP) is -0.0350. The number of nitrogens with two attached hydrogens (primary N) is 1. The number of nitrogens with zero attached hydrogens (tertiary/aromatic N) is 5. The van der Waals surface area contributed by atoms with Crippen LogP contribution in [0.1, 0.15) is 18.7 Å². The maximum absolute atomic E-state index is 6.45. The summed E-state index contributed by atoms with van der Waals surface area (Å²) in [5, 5.41) is 8.49. The molecule has 0 bridgehead atoms. The zero-order valence-electron chi connectivity index (χ0n) is 10.2. The average Bonchev–Trinajstić information content (AvgIpc) is 3.05. The second-order valence-corrected chi connectivity index (χ2v) is 4.83. The van der Waals surface area contributed by atoms with Gasteiger partial charge >= 0.3 is 0 Å². The Morgan fingerprint density at radius 3 is 2.95 bits per heavy atom. The molecular weight excluding hydrogens is 246 g/mol. The molecule has 1 fully saturated rings. The normalized spacial score (nSPS) is 19.2. The smallest absolute Gasteiger partial charge is 0.189 e. The number of H-pyrrole nitrogens is 1. The van der Waals surface area contributed by atoms with E-state index in [9.17, 15) is 0 Å². The van der Waals surface area contributed by atoms with Gasteiger partial charge in [0, 0.05) is 13.2 Å². The van der Waals surface area contributed by atoms with Crippen LogP contribution in [0.15, 0.2) is 12.7 Å². The first-order valence-electron chi connectivity index (χ1n) is 6.18. The third-order valence-corrected chi connectivity index (χ3v) is 3.66. The molecule has 1 saturated heterocycles. The van der Waals surface area contributed by atoms with E-state index in [1.54, 1.807) is 12.7 Å². The molecule has 0 radical (unpaired) electrons. The number of hydrogen-bond donors (Lipinski definition) is 2. The fourth-order valence-corrected chi connectivity index (χ4v) is 2.53. The summed E-state index contributed by atoms with van der Waals surface area (Å²) in [6.45, 7) is 1.29. The predicted molar refractivity (Wildman–Crippen MR) is 66.4 cm³/mol. The van der Waals surface area contributed by atoms with Crippen molar-refractivity contribution in [1.29, 1.82) is 0 Å². The Bertz CT molecular complexity index is 740. The van der Waals surface area contributed by atoms with Crippen LogP contribution in [0.5, 0.6) is 0 Å². The lowest BCUT2D eigenvalue weighted by Crippen LogP contribution is -2.43. The summed E-state index contributed by atoms with van der Waals surface area (Å²) in [5.74, 6) is 0.731. The lowest BCUT2D eigenvalue weighted by Gasteiger charge is -2.31. The highest BCUT2D eigenvalue weighted by atomic mass is 16.5. The Hall–Kier alpha value is -2.06. The molecule has 3 aromatic heterocycles. The lowest BCUT2D eigenvalue weighted by molar-refractivity contribution is 0.0488. The first-order valence-corrected chi connectivity index (χ1v) is 6.18. The van der Waals surface area contributed by atoms with Gasteiger partial charge in [0.2, 0.25) is 0 Å². The van der Waals surface area contributed by atoms with E-state index in [0.29, 0.717) is 24.5 Å². The molecule has 19 heavy (non-hydrogen) atoms. The van der Waals surface area contributed by atoms with Crippen LogP contribution >= 0.6 is 0 Å². The Labute approximate surface area is 108 Å². The van der Waals surface area contributed by atoms with E-state index >= 15 is 0 Å². The fraction of sp³-hybridized carbons (Fsp3) is 0.455. The highest BCUT2D eigenvalue weighted by Crippen LogP contribution is 2.28. The third kappa shape index (κ3) is 1.47. The minimum Gasteiger partial charge on any atom is -0.381 e. The summed E-state index contributed by atoms with van der Waals surface area (Å²) >= 11 is 0. The van der Waals surface area contributed by atoms with Gasteiger partial charge in [-0.3, -0.25) is 4.40 Å². The van der Waals surface area contributed by atoms with Crippen molar-refractivity contribution in [3.63, 3.8) is 0 Å². The van der Waals surface area contributed by atoms with Crippen LogP contribution in [-0.2, 0) is 10.3 Å². The van der Waals surface area contributed by atoms with Crippen LogP contribution in [0.3, 0.4) is 0 Å². The van der Waals surface area contributed by atoms with Gasteiger partial charge in [0.1, 0.15) is 11.8 Å². The SMILES string of the molecule is NC1(c2nnc3c4[nH]cnc4ncn23)CCOCC1. The van der Waals surface area contributed by atoms with E-state index in [4.69, 9.17) is 10.5 Å². The van der Waals surface area contributed by atoms with Crippen molar-refractivity contribution in [3.8, 4) is 0 Å². The molecule has 98 valence electrons. The standard InChI is InChI=1S/C11H13N7O/c12-11(1-3-19-4-2-11)10-17-16-9-7-8(14-5-13-7)15-6-18(9)10/h5-6H,1-4,12H2,(H,13,14). The van der Waals surface area contributed by atoms with Crippen LogP contribution in [0.25, 0.3) is 16.8 Å². The molecule has 4 rings (SSSR count). The van der Waals surface area contributed by atoms with Crippen LogP contribution in [-0.4, -0.2) is 42.8 Å². The second kappa shape index (κ2) is 3.72.